The highest BCUT2D eigenvalue weighted by molar-refractivity contribution is 5.79. The first-order valence-electron chi connectivity index (χ1n) is 13.6. The Labute approximate surface area is 283 Å². The average Bonchev–Trinajstić information content (AvgIpc) is 2.98. The summed E-state index contributed by atoms with van der Waals surface area (Å²) < 4.78 is 0. The molecule has 0 fully saturated rings. The van der Waals surface area contributed by atoms with Crippen LogP contribution in [0.25, 0.3) is 0 Å². The van der Waals surface area contributed by atoms with E-state index in [1.165, 1.54) is 13.8 Å². The van der Waals surface area contributed by atoms with Gasteiger partial charge in [-0.15, -0.1) is 0 Å². The molecule has 0 aliphatic heterocycles. The van der Waals surface area contributed by atoms with Crippen molar-refractivity contribution in [1.82, 2.24) is 0 Å². The Balaban J connectivity index is -0.0000000661. The largest absolute Gasteiger partial charge is 0.480 e. The topological polar surface area (TPSA) is 512 Å². The van der Waals surface area contributed by atoms with Crippen LogP contribution in [0.5, 0.6) is 0 Å². The molecule has 0 aliphatic rings. The maximum atomic E-state index is 10.2. The summed E-state index contributed by atoms with van der Waals surface area (Å²) in [6.07, 6.45) is 0.551. The highest BCUT2D eigenvalue weighted by atomic mass is 16.4. The summed E-state index contributed by atoms with van der Waals surface area (Å²) in [5, 5.41) is 54.4. The molecule has 0 bridgehead atoms. The number of rotatable bonds is 11. The molecule has 0 radical (unpaired) electrons. The van der Waals surface area contributed by atoms with Gasteiger partial charge >= 0.3 is 41.8 Å². The van der Waals surface area contributed by atoms with Gasteiger partial charge in [0.25, 0.3) is 0 Å². The van der Waals surface area contributed by atoms with E-state index < -0.39 is 71.9 Å². The van der Waals surface area contributed by atoms with E-state index in [1.807, 2.05) is 27.7 Å². The normalized spacial score (nSPS) is 11.2. The van der Waals surface area contributed by atoms with E-state index in [0.29, 0.717) is 12.3 Å². The molecule has 1 amide bonds. The van der Waals surface area contributed by atoms with E-state index in [-0.39, 0.29) is 32.1 Å². The van der Waals surface area contributed by atoms with Crippen LogP contribution in [0.4, 0.5) is 0 Å². The van der Waals surface area contributed by atoms with Crippen LogP contribution in [-0.4, -0.2) is 134 Å². The lowest BCUT2D eigenvalue weighted by atomic mass is 10.1. The molecular weight excluding hydrogens is 666 g/mol. The monoisotopic (exact) mass is 725 g/mol. The van der Waals surface area contributed by atoms with E-state index in [2.05, 4.69) is 22.9 Å². The Morgan fingerprint density at radius 3 is 0.673 bits per heavy atom. The third kappa shape index (κ3) is 99.1. The van der Waals surface area contributed by atoms with Gasteiger partial charge < -0.3 is 87.3 Å². The van der Waals surface area contributed by atoms with Gasteiger partial charge in [-0.3, -0.25) is 38.4 Å². The molecule has 0 heterocycles. The molecule has 0 saturated carbocycles. The summed E-state index contributed by atoms with van der Waals surface area (Å²) in [7, 11) is 0. The van der Waals surface area contributed by atoms with Gasteiger partial charge in [-0.05, 0) is 32.1 Å². The van der Waals surface area contributed by atoms with Gasteiger partial charge in [0.05, 0.1) is 32.2 Å². The Hall–Kier alpha value is -4.56. The summed E-state index contributed by atoms with van der Waals surface area (Å²) in [4.78, 5) is 76.5. The number of carbonyl (C=O) groups excluding carboxylic acids is 1. The average molecular weight is 726 g/mol. The number of nitrogens with two attached hydrogens (primary N) is 9. The molecule has 4 atom stereocenters. The Morgan fingerprint density at radius 2 is 0.653 bits per heavy atom. The minimum Gasteiger partial charge on any atom is -0.480 e. The minimum absolute atomic E-state index is 0.146. The predicted octanol–water partition coefficient (Wildman–Crippen LogP) is -5.15. The first-order valence-corrected chi connectivity index (χ1v) is 13.6. The molecule has 25 N–H and O–H groups in total. The third-order valence-electron chi connectivity index (χ3n) is 3.57. The highest BCUT2D eigenvalue weighted by Crippen LogP contribution is 2.01. The number of hydrogen-bond acceptors (Lipinski definition) is 16. The zero-order valence-corrected chi connectivity index (χ0v) is 28.6. The van der Waals surface area contributed by atoms with Crippen molar-refractivity contribution in [3.8, 4) is 0 Å². The van der Waals surface area contributed by atoms with Gasteiger partial charge in [0, 0.05) is 0 Å². The molecule has 0 aliphatic carbocycles. The zero-order chi connectivity index (χ0) is 41.6. The number of amides is 1. The lowest BCUT2D eigenvalue weighted by molar-refractivity contribution is -0.139. The number of primary amides is 1. The van der Waals surface area contributed by atoms with Gasteiger partial charge in [-0.25, -0.2) is 0 Å². The van der Waals surface area contributed by atoms with Crippen molar-refractivity contribution in [2.24, 2.45) is 63.4 Å². The van der Waals surface area contributed by atoms with Crippen molar-refractivity contribution in [3.63, 3.8) is 0 Å². The molecular formula is C25H59N9O15. The summed E-state index contributed by atoms with van der Waals surface area (Å²) in [6.45, 7) is 9.33. The van der Waals surface area contributed by atoms with E-state index in [0.717, 1.165) is 0 Å². The van der Waals surface area contributed by atoms with Crippen LogP contribution in [0, 0.1) is 11.8 Å². The summed E-state index contributed by atoms with van der Waals surface area (Å²) in [6, 6.07) is -2.64. The second-order valence-electron chi connectivity index (χ2n) is 9.39. The fourth-order valence-corrected chi connectivity index (χ4v) is 0.937. The van der Waals surface area contributed by atoms with Crippen LogP contribution in [0.15, 0.2) is 0 Å². The Morgan fingerprint density at radius 1 is 0.469 bits per heavy atom. The number of hydrogen-bond donors (Lipinski definition) is 16. The molecule has 0 aromatic carbocycles. The Kier molecular flexibility index (Phi) is 56.0. The lowest BCUT2D eigenvalue weighted by Gasteiger charge is -2.09. The first-order chi connectivity index (χ1) is 22.0. The zero-order valence-electron chi connectivity index (χ0n) is 28.6. The van der Waals surface area contributed by atoms with E-state index >= 15 is 0 Å². The van der Waals surface area contributed by atoms with E-state index in [9.17, 15) is 38.4 Å². The van der Waals surface area contributed by atoms with Gasteiger partial charge in [-0.1, -0.05) is 27.7 Å². The second kappa shape index (κ2) is 43.4. The molecule has 24 heteroatoms. The predicted molar refractivity (Wildman–Crippen MR) is 176 cm³/mol. The smallest absolute Gasteiger partial charge is 0.320 e. The van der Waals surface area contributed by atoms with Crippen LogP contribution in [0.2, 0.25) is 0 Å². The molecule has 0 aromatic heterocycles. The third-order valence-corrected chi connectivity index (χ3v) is 3.57. The van der Waals surface area contributed by atoms with Gasteiger partial charge in [0.1, 0.15) is 18.1 Å². The standard InChI is InChI=1S/C6H13NO2.C5H12N2O.2C3H7NO2.4C2H5NO2/c1-4(2)3-5(7)6(8)9;1-3(2)4(6)5(7)8;2*1-2(4)3(5)6;4*3-1-2(4)5/h4-5H,3,7H2,1-2H3,(H,8,9);3-4H,6H2,1-2H3,(H2,7,8);2*2H,4H2,1H3,(H,5,6);4*1,3H2,(H,4,5)/t5-;4-;2*2-;;;;/m0000..../s1. The van der Waals surface area contributed by atoms with Crippen molar-refractivity contribution in [3.05, 3.63) is 0 Å². The van der Waals surface area contributed by atoms with Crippen LogP contribution in [-0.2, 0) is 38.4 Å². The number of carbonyl (C=O) groups is 8. The van der Waals surface area contributed by atoms with Gasteiger partial charge in [0.15, 0.2) is 0 Å². The van der Waals surface area contributed by atoms with Crippen molar-refractivity contribution in [2.75, 3.05) is 26.2 Å². The Bertz CT molecular complexity index is 831. The fourth-order valence-electron chi connectivity index (χ4n) is 0.937. The molecule has 0 spiro atoms. The van der Waals surface area contributed by atoms with E-state index in [1.54, 1.807) is 0 Å². The molecule has 49 heavy (non-hydrogen) atoms. The summed E-state index contributed by atoms with van der Waals surface area (Å²) in [5.74, 6) is -6.64. The highest BCUT2D eigenvalue weighted by Gasteiger charge is 2.12. The van der Waals surface area contributed by atoms with Crippen molar-refractivity contribution < 1.29 is 74.1 Å². The molecule has 24 nitrogen and oxygen atoms in total. The molecule has 294 valence electrons. The number of aliphatic carboxylic acids is 7. The molecule has 0 aromatic rings. The quantitative estimate of drug-likeness (QED) is 0.0946. The van der Waals surface area contributed by atoms with Crippen LogP contribution in [0.1, 0.15) is 48.0 Å². The first kappa shape index (κ1) is 63.2. The lowest BCUT2D eigenvalue weighted by Crippen LogP contribution is -2.40. The SMILES string of the molecule is CC(C)C[C@H](N)C(=O)O.CC(C)[C@H](N)C(N)=O.C[C@H](N)C(=O)O.C[C@H](N)C(=O)O.NCC(=O)O.NCC(=O)O.NCC(=O)O.NCC(=O)O. The van der Waals surface area contributed by atoms with Gasteiger partial charge in [0.2, 0.25) is 5.91 Å². The summed E-state index contributed by atoms with van der Waals surface area (Å²) in [5.41, 5.74) is 43.3. The van der Waals surface area contributed by atoms with Crippen molar-refractivity contribution in [2.45, 2.75) is 72.1 Å². The summed E-state index contributed by atoms with van der Waals surface area (Å²) >= 11 is 0. The second-order valence-corrected chi connectivity index (χ2v) is 9.39. The number of carboxylic acid groups (broad SMARTS) is 7. The van der Waals surface area contributed by atoms with Crippen LogP contribution >= 0.6 is 0 Å². The van der Waals surface area contributed by atoms with Crippen molar-refractivity contribution in [1.29, 1.82) is 0 Å². The number of carboxylic acids is 7. The molecule has 0 saturated heterocycles. The fraction of sp³-hybridized carbons (Fsp3) is 0.680. The maximum Gasteiger partial charge on any atom is 0.320 e. The minimum atomic E-state index is -0.968. The van der Waals surface area contributed by atoms with Gasteiger partial charge in [-0.2, -0.15) is 0 Å². The van der Waals surface area contributed by atoms with Crippen LogP contribution in [0.3, 0.4) is 0 Å². The van der Waals surface area contributed by atoms with Crippen molar-refractivity contribution >= 4 is 47.7 Å². The molecule has 0 rings (SSSR count). The maximum absolute atomic E-state index is 10.2. The molecule has 0 unspecified atom stereocenters. The van der Waals surface area contributed by atoms with Crippen LogP contribution < -0.4 is 51.6 Å². The van der Waals surface area contributed by atoms with E-state index in [4.69, 9.17) is 64.4 Å².